The second-order valence-corrected chi connectivity index (χ2v) is 5.30. The molecule has 1 heterocycles. The van der Waals surface area contributed by atoms with E-state index >= 15 is 0 Å². The lowest BCUT2D eigenvalue weighted by atomic mass is 9.99. The molecule has 0 radical (unpaired) electrons. The number of hydrogen-bond donors (Lipinski definition) is 1. The zero-order valence-corrected chi connectivity index (χ0v) is 9.57. The van der Waals surface area contributed by atoms with Crippen LogP contribution in [0.4, 0.5) is 0 Å². The zero-order valence-electron chi connectivity index (χ0n) is 9.57. The smallest absolute Gasteiger partial charge is 0.230 e. The Morgan fingerprint density at radius 3 is 2.67 bits per heavy atom. The summed E-state index contributed by atoms with van der Waals surface area (Å²) in [5, 5.41) is 0. The summed E-state index contributed by atoms with van der Waals surface area (Å²) in [6.07, 6.45) is 6.95. The van der Waals surface area contributed by atoms with Gasteiger partial charge in [0.25, 0.3) is 0 Å². The Balaban J connectivity index is 2.05. The lowest BCUT2D eigenvalue weighted by Gasteiger charge is -2.33. The van der Waals surface area contributed by atoms with E-state index < -0.39 is 0 Å². The summed E-state index contributed by atoms with van der Waals surface area (Å²) >= 11 is 0. The van der Waals surface area contributed by atoms with Gasteiger partial charge in [0, 0.05) is 18.1 Å². The number of nitrogens with two attached hydrogens (primary N) is 1. The van der Waals surface area contributed by atoms with Gasteiger partial charge in [-0.05, 0) is 33.1 Å². The zero-order chi connectivity index (χ0) is 11.1. The van der Waals surface area contributed by atoms with Crippen LogP contribution in [0.15, 0.2) is 12.2 Å². The third-order valence-electron chi connectivity index (χ3n) is 3.60. The van der Waals surface area contributed by atoms with Crippen molar-refractivity contribution in [2.24, 2.45) is 11.7 Å². The average Bonchev–Trinajstić information content (AvgIpc) is 2.70. The molecule has 2 rings (SSSR count). The Morgan fingerprint density at radius 2 is 2.20 bits per heavy atom. The highest BCUT2D eigenvalue weighted by atomic mass is 16.2. The molecule has 2 N–H and O–H groups in total. The van der Waals surface area contributed by atoms with Crippen molar-refractivity contribution in [3.8, 4) is 0 Å². The number of amides is 1. The van der Waals surface area contributed by atoms with E-state index in [1.807, 2.05) is 17.1 Å². The third-order valence-corrected chi connectivity index (χ3v) is 3.60. The van der Waals surface area contributed by atoms with Gasteiger partial charge < -0.3 is 10.6 Å². The molecule has 0 aromatic carbocycles. The summed E-state index contributed by atoms with van der Waals surface area (Å²) < 4.78 is 0. The highest BCUT2D eigenvalue weighted by molar-refractivity contribution is 5.82. The van der Waals surface area contributed by atoms with Crippen molar-refractivity contribution in [3.05, 3.63) is 12.2 Å². The fourth-order valence-electron chi connectivity index (χ4n) is 2.63. The normalized spacial score (nSPS) is 33.7. The van der Waals surface area contributed by atoms with E-state index in [4.69, 9.17) is 5.73 Å². The topological polar surface area (TPSA) is 46.3 Å². The minimum absolute atomic E-state index is 0.0253. The highest BCUT2D eigenvalue weighted by Gasteiger charge is 2.38. The first-order valence-electron chi connectivity index (χ1n) is 5.76. The largest absolute Gasteiger partial charge is 0.337 e. The van der Waals surface area contributed by atoms with Crippen LogP contribution in [0.3, 0.4) is 0 Å². The van der Waals surface area contributed by atoms with Gasteiger partial charge in [0.1, 0.15) is 0 Å². The summed E-state index contributed by atoms with van der Waals surface area (Å²) in [7, 11) is 0. The third kappa shape index (κ3) is 1.93. The molecule has 1 aliphatic heterocycles. The first-order chi connectivity index (χ1) is 7.00. The van der Waals surface area contributed by atoms with Crippen molar-refractivity contribution in [1.82, 2.24) is 4.90 Å². The molecule has 84 valence electrons. The van der Waals surface area contributed by atoms with Gasteiger partial charge in [0.05, 0.1) is 5.92 Å². The molecule has 15 heavy (non-hydrogen) atoms. The van der Waals surface area contributed by atoms with E-state index in [0.29, 0.717) is 0 Å². The molecule has 0 bridgehead atoms. The molecule has 1 amide bonds. The van der Waals surface area contributed by atoms with Crippen LogP contribution < -0.4 is 5.73 Å². The number of carbonyl (C=O) groups is 1. The van der Waals surface area contributed by atoms with Gasteiger partial charge >= 0.3 is 0 Å². The molecule has 1 fully saturated rings. The Labute approximate surface area is 91.3 Å². The fourth-order valence-corrected chi connectivity index (χ4v) is 2.63. The van der Waals surface area contributed by atoms with E-state index in [9.17, 15) is 4.79 Å². The predicted octanol–water partition coefficient (Wildman–Crippen LogP) is 1.29. The van der Waals surface area contributed by atoms with Crippen LogP contribution in [0.5, 0.6) is 0 Å². The number of hydrogen-bond acceptors (Lipinski definition) is 2. The van der Waals surface area contributed by atoms with Crippen molar-refractivity contribution < 1.29 is 4.79 Å². The Bertz CT molecular complexity index is 296. The monoisotopic (exact) mass is 208 g/mol. The standard InChI is InChI=1S/C12H20N2O/c1-12(2)6-3-7-14(12)11(15)9-4-5-10(13)8-9/h4-5,9-10H,3,6-8,13H2,1-2H3. The number of nitrogens with zero attached hydrogens (tertiary/aromatic N) is 1. The van der Waals surface area contributed by atoms with Crippen molar-refractivity contribution >= 4 is 5.91 Å². The summed E-state index contributed by atoms with van der Waals surface area (Å²) in [5.41, 5.74) is 5.81. The maximum Gasteiger partial charge on any atom is 0.230 e. The molecule has 3 nitrogen and oxygen atoms in total. The fraction of sp³-hybridized carbons (Fsp3) is 0.750. The van der Waals surface area contributed by atoms with E-state index in [0.717, 1.165) is 25.8 Å². The van der Waals surface area contributed by atoms with Gasteiger partial charge in [-0.25, -0.2) is 0 Å². The van der Waals surface area contributed by atoms with Crippen LogP contribution >= 0.6 is 0 Å². The van der Waals surface area contributed by atoms with Crippen molar-refractivity contribution in [2.45, 2.75) is 44.7 Å². The van der Waals surface area contributed by atoms with E-state index in [2.05, 4.69) is 13.8 Å². The molecule has 0 saturated carbocycles. The molecule has 0 aromatic heterocycles. The molecule has 1 aliphatic carbocycles. The molecular formula is C12H20N2O. The van der Waals surface area contributed by atoms with Crippen LogP contribution in [0.25, 0.3) is 0 Å². The molecule has 2 aliphatic rings. The minimum Gasteiger partial charge on any atom is -0.337 e. The van der Waals surface area contributed by atoms with Crippen molar-refractivity contribution in [3.63, 3.8) is 0 Å². The lowest BCUT2D eigenvalue weighted by molar-refractivity contribution is -0.137. The summed E-state index contributed by atoms with van der Waals surface area (Å²) in [6, 6.07) is 0.0738. The second-order valence-electron chi connectivity index (χ2n) is 5.30. The van der Waals surface area contributed by atoms with Crippen LogP contribution in [-0.2, 0) is 4.79 Å². The lowest BCUT2D eigenvalue weighted by Crippen LogP contribution is -2.45. The Hall–Kier alpha value is -0.830. The molecule has 1 saturated heterocycles. The van der Waals surface area contributed by atoms with Crippen molar-refractivity contribution in [1.29, 1.82) is 0 Å². The van der Waals surface area contributed by atoms with Gasteiger partial charge in [0.2, 0.25) is 5.91 Å². The van der Waals surface area contributed by atoms with E-state index in [1.54, 1.807) is 0 Å². The second kappa shape index (κ2) is 3.63. The molecule has 2 unspecified atom stereocenters. The van der Waals surface area contributed by atoms with Gasteiger partial charge in [-0.15, -0.1) is 0 Å². The number of carbonyl (C=O) groups excluding carboxylic acids is 1. The molecular weight excluding hydrogens is 188 g/mol. The van der Waals surface area contributed by atoms with Crippen LogP contribution in [0.1, 0.15) is 33.1 Å². The Morgan fingerprint density at radius 1 is 1.47 bits per heavy atom. The molecule has 0 aromatic rings. The highest BCUT2D eigenvalue weighted by Crippen LogP contribution is 2.31. The van der Waals surface area contributed by atoms with E-state index in [-0.39, 0.29) is 23.4 Å². The van der Waals surface area contributed by atoms with Crippen LogP contribution in [0, 0.1) is 5.92 Å². The SMILES string of the molecule is CC1(C)CCCN1C(=O)C1C=CC(N)C1. The first-order valence-corrected chi connectivity index (χ1v) is 5.76. The molecule has 3 heteroatoms. The number of likely N-dealkylation sites (tertiary alicyclic amines) is 1. The quantitative estimate of drug-likeness (QED) is 0.660. The van der Waals surface area contributed by atoms with Crippen LogP contribution in [-0.4, -0.2) is 28.9 Å². The maximum absolute atomic E-state index is 12.2. The van der Waals surface area contributed by atoms with Gasteiger partial charge in [-0.1, -0.05) is 12.2 Å². The summed E-state index contributed by atoms with van der Waals surface area (Å²) in [5.74, 6) is 0.291. The van der Waals surface area contributed by atoms with Gasteiger partial charge in [-0.2, -0.15) is 0 Å². The van der Waals surface area contributed by atoms with E-state index in [1.165, 1.54) is 0 Å². The maximum atomic E-state index is 12.2. The van der Waals surface area contributed by atoms with Crippen LogP contribution in [0.2, 0.25) is 0 Å². The Kier molecular flexibility index (Phi) is 2.59. The summed E-state index contributed by atoms with van der Waals surface area (Å²) in [6.45, 7) is 5.21. The minimum atomic E-state index is 0.0253. The molecule has 2 atom stereocenters. The first kappa shape index (κ1) is 10.7. The van der Waals surface area contributed by atoms with Gasteiger partial charge in [0.15, 0.2) is 0 Å². The average molecular weight is 208 g/mol. The van der Waals surface area contributed by atoms with Crippen molar-refractivity contribution in [2.75, 3.05) is 6.54 Å². The van der Waals surface area contributed by atoms with Gasteiger partial charge in [-0.3, -0.25) is 4.79 Å². The molecule has 0 spiro atoms. The predicted molar refractivity (Wildman–Crippen MR) is 60.2 cm³/mol. The summed E-state index contributed by atoms with van der Waals surface area (Å²) in [4.78, 5) is 14.3. The number of rotatable bonds is 1.